The number of halogens is 1. The summed E-state index contributed by atoms with van der Waals surface area (Å²) in [5.74, 6) is -0.971. The summed E-state index contributed by atoms with van der Waals surface area (Å²) < 4.78 is 0.761. The third-order valence-electron chi connectivity index (χ3n) is 2.90. The number of anilines is 1. The Morgan fingerprint density at radius 1 is 1.19 bits per heavy atom. The molecule has 0 radical (unpaired) electrons. The van der Waals surface area contributed by atoms with E-state index >= 15 is 0 Å². The third kappa shape index (κ3) is 4.15. The summed E-state index contributed by atoms with van der Waals surface area (Å²) >= 11 is 4.73. The van der Waals surface area contributed by atoms with Crippen molar-refractivity contribution in [2.75, 3.05) is 11.4 Å². The van der Waals surface area contributed by atoms with Gasteiger partial charge in [-0.2, -0.15) is 0 Å². The van der Waals surface area contributed by atoms with Crippen molar-refractivity contribution in [3.05, 3.63) is 51.1 Å². The number of para-hydroxylation sites is 1. The number of nitrogens with zero attached hydrogens (tertiary/aromatic N) is 1. The zero-order chi connectivity index (χ0) is 15.2. The van der Waals surface area contributed by atoms with Crippen LogP contribution in [0.15, 0.2) is 46.3 Å². The normalized spacial score (nSPS) is 10.3. The maximum absolute atomic E-state index is 12.7. The van der Waals surface area contributed by atoms with Gasteiger partial charge >= 0.3 is 5.97 Å². The van der Waals surface area contributed by atoms with Crippen molar-refractivity contribution in [1.82, 2.24) is 0 Å². The molecule has 4 nitrogen and oxygen atoms in total. The van der Waals surface area contributed by atoms with Gasteiger partial charge in [0.05, 0.1) is 0 Å². The molecular formula is C15H14BrNO3S. The maximum Gasteiger partial charge on any atom is 0.303 e. The fraction of sp³-hybridized carbons (Fsp3) is 0.200. The maximum atomic E-state index is 12.7. The molecule has 0 fully saturated rings. The average molecular weight is 368 g/mol. The van der Waals surface area contributed by atoms with Crippen LogP contribution < -0.4 is 4.90 Å². The van der Waals surface area contributed by atoms with Crippen molar-refractivity contribution in [1.29, 1.82) is 0 Å². The van der Waals surface area contributed by atoms with Gasteiger partial charge in [0, 0.05) is 23.1 Å². The SMILES string of the molecule is O=C(O)CCCN(C(=O)c1sccc1Br)c1ccccc1. The van der Waals surface area contributed by atoms with Crippen LogP contribution in [-0.4, -0.2) is 23.5 Å². The Morgan fingerprint density at radius 3 is 2.48 bits per heavy atom. The molecule has 0 atom stereocenters. The zero-order valence-corrected chi connectivity index (χ0v) is 13.6. The lowest BCUT2D eigenvalue weighted by Crippen LogP contribution is -2.31. The monoisotopic (exact) mass is 367 g/mol. The highest BCUT2D eigenvalue weighted by Crippen LogP contribution is 2.26. The van der Waals surface area contributed by atoms with E-state index in [1.807, 2.05) is 41.8 Å². The second-order valence-electron chi connectivity index (χ2n) is 4.39. The molecule has 1 N–H and O–H groups in total. The van der Waals surface area contributed by atoms with E-state index in [0.29, 0.717) is 17.8 Å². The molecule has 0 saturated heterocycles. The minimum atomic E-state index is -0.854. The standard InChI is InChI=1S/C15H14BrNO3S/c16-12-8-10-21-14(12)15(20)17(9-4-7-13(18)19)11-5-2-1-3-6-11/h1-3,5-6,8,10H,4,7,9H2,(H,18,19). The molecule has 0 aliphatic heterocycles. The fourth-order valence-corrected chi connectivity index (χ4v) is 3.40. The highest BCUT2D eigenvalue weighted by atomic mass is 79.9. The summed E-state index contributed by atoms with van der Waals surface area (Å²) in [4.78, 5) is 25.6. The van der Waals surface area contributed by atoms with Gasteiger partial charge in [-0.1, -0.05) is 18.2 Å². The summed E-state index contributed by atoms with van der Waals surface area (Å²) in [5, 5.41) is 10.6. The van der Waals surface area contributed by atoms with E-state index in [1.165, 1.54) is 11.3 Å². The molecule has 2 rings (SSSR count). The van der Waals surface area contributed by atoms with Gasteiger partial charge in [0.25, 0.3) is 5.91 Å². The van der Waals surface area contributed by atoms with Crippen LogP contribution in [0.2, 0.25) is 0 Å². The number of rotatable bonds is 6. The molecule has 0 saturated carbocycles. The molecule has 0 unspecified atom stereocenters. The van der Waals surface area contributed by atoms with Crippen molar-refractivity contribution in [3.8, 4) is 0 Å². The lowest BCUT2D eigenvalue weighted by Gasteiger charge is -2.22. The number of carbonyl (C=O) groups is 2. The molecular weight excluding hydrogens is 354 g/mol. The molecule has 6 heteroatoms. The molecule has 0 aliphatic rings. The quantitative estimate of drug-likeness (QED) is 0.838. The van der Waals surface area contributed by atoms with Crippen LogP contribution in [0.5, 0.6) is 0 Å². The first-order valence-corrected chi connectivity index (χ1v) is 8.08. The predicted molar refractivity (Wildman–Crippen MR) is 87.0 cm³/mol. The number of amides is 1. The number of hydrogen-bond donors (Lipinski definition) is 1. The van der Waals surface area contributed by atoms with Crippen molar-refractivity contribution < 1.29 is 14.7 Å². The van der Waals surface area contributed by atoms with Gasteiger partial charge in [-0.15, -0.1) is 11.3 Å². The van der Waals surface area contributed by atoms with Crippen LogP contribution in [-0.2, 0) is 4.79 Å². The first kappa shape index (κ1) is 15.7. The largest absolute Gasteiger partial charge is 0.481 e. The van der Waals surface area contributed by atoms with E-state index in [0.717, 1.165) is 10.2 Å². The third-order valence-corrected chi connectivity index (χ3v) is 4.72. The molecule has 21 heavy (non-hydrogen) atoms. The molecule has 1 aromatic heterocycles. The number of benzene rings is 1. The van der Waals surface area contributed by atoms with Crippen LogP contribution in [0, 0.1) is 0 Å². The van der Waals surface area contributed by atoms with Crippen molar-refractivity contribution >= 4 is 44.8 Å². The van der Waals surface area contributed by atoms with Crippen LogP contribution >= 0.6 is 27.3 Å². The van der Waals surface area contributed by atoms with Crippen molar-refractivity contribution in [2.45, 2.75) is 12.8 Å². The number of carbonyl (C=O) groups excluding carboxylic acids is 1. The summed E-state index contributed by atoms with van der Waals surface area (Å²) in [6.07, 6.45) is 0.460. The van der Waals surface area contributed by atoms with Crippen molar-refractivity contribution in [2.24, 2.45) is 0 Å². The van der Waals surface area contributed by atoms with E-state index in [9.17, 15) is 9.59 Å². The van der Waals surface area contributed by atoms with Gasteiger partial charge in [0.1, 0.15) is 4.88 Å². The fourth-order valence-electron chi connectivity index (χ4n) is 1.91. The van der Waals surface area contributed by atoms with Crippen molar-refractivity contribution in [3.63, 3.8) is 0 Å². The van der Waals surface area contributed by atoms with Crippen LogP contribution in [0.3, 0.4) is 0 Å². The summed E-state index contributed by atoms with van der Waals surface area (Å²) in [5.41, 5.74) is 0.771. The Hall–Kier alpha value is -1.66. The first-order valence-electron chi connectivity index (χ1n) is 6.41. The Labute approximate surface area is 135 Å². The molecule has 0 aliphatic carbocycles. The van der Waals surface area contributed by atoms with E-state index < -0.39 is 5.97 Å². The van der Waals surface area contributed by atoms with Crippen LogP contribution in [0.25, 0.3) is 0 Å². The summed E-state index contributed by atoms with van der Waals surface area (Å²) in [7, 11) is 0. The van der Waals surface area contributed by atoms with Crippen LogP contribution in [0.4, 0.5) is 5.69 Å². The van der Waals surface area contributed by atoms with E-state index in [1.54, 1.807) is 4.90 Å². The highest BCUT2D eigenvalue weighted by Gasteiger charge is 2.20. The van der Waals surface area contributed by atoms with Gasteiger partial charge in [0.2, 0.25) is 0 Å². The van der Waals surface area contributed by atoms with E-state index in [2.05, 4.69) is 15.9 Å². The Bertz CT molecular complexity index is 627. The van der Waals surface area contributed by atoms with Gasteiger partial charge in [0.15, 0.2) is 0 Å². The highest BCUT2D eigenvalue weighted by molar-refractivity contribution is 9.10. The molecule has 0 bridgehead atoms. The van der Waals surface area contributed by atoms with E-state index in [-0.39, 0.29) is 12.3 Å². The number of carboxylic acids is 1. The number of thiophene rings is 1. The number of aliphatic carboxylic acids is 1. The Morgan fingerprint density at radius 2 is 1.90 bits per heavy atom. The molecule has 1 amide bonds. The topological polar surface area (TPSA) is 57.6 Å². The second kappa shape index (κ2) is 7.38. The first-order chi connectivity index (χ1) is 10.1. The van der Waals surface area contributed by atoms with Gasteiger partial charge in [-0.05, 0) is 45.9 Å². The van der Waals surface area contributed by atoms with Crippen LogP contribution in [0.1, 0.15) is 22.5 Å². The van der Waals surface area contributed by atoms with Gasteiger partial charge in [-0.25, -0.2) is 0 Å². The van der Waals surface area contributed by atoms with Gasteiger partial charge < -0.3 is 10.0 Å². The smallest absolute Gasteiger partial charge is 0.303 e. The Balaban J connectivity index is 2.21. The number of hydrogen-bond acceptors (Lipinski definition) is 3. The molecule has 0 spiro atoms. The molecule has 1 aromatic carbocycles. The number of carboxylic acid groups (broad SMARTS) is 1. The minimum Gasteiger partial charge on any atom is -0.481 e. The lowest BCUT2D eigenvalue weighted by atomic mass is 10.2. The second-order valence-corrected chi connectivity index (χ2v) is 6.16. The molecule has 1 heterocycles. The Kier molecular flexibility index (Phi) is 5.52. The molecule has 2 aromatic rings. The summed E-state index contributed by atoms with van der Waals surface area (Å²) in [6, 6.07) is 11.1. The minimum absolute atomic E-state index is 0.0439. The van der Waals surface area contributed by atoms with E-state index in [4.69, 9.17) is 5.11 Å². The predicted octanol–water partition coefficient (Wildman–Crippen LogP) is 4.02. The molecule has 110 valence electrons. The lowest BCUT2D eigenvalue weighted by molar-refractivity contribution is -0.137. The zero-order valence-electron chi connectivity index (χ0n) is 11.2. The summed E-state index contributed by atoms with van der Waals surface area (Å²) in [6.45, 7) is 0.374. The average Bonchev–Trinajstić information content (AvgIpc) is 2.90. The van der Waals surface area contributed by atoms with Gasteiger partial charge in [-0.3, -0.25) is 9.59 Å².